The van der Waals surface area contributed by atoms with E-state index in [2.05, 4.69) is 10.2 Å². The van der Waals surface area contributed by atoms with E-state index in [0.29, 0.717) is 46.8 Å². The van der Waals surface area contributed by atoms with Gasteiger partial charge in [0, 0.05) is 54.8 Å². The number of esters is 1. The molecule has 0 saturated carbocycles. The molecule has 2 saturated heterocycles. The number of fused-ring (bicyclic) bond motifs is 3. The maximum absolute atomic E-state index is 15.8. The first-order valence-electron chi connectivity index (χ1n) is 14.5. The smallest absolute Gasteiger partial charge is 0.340 e. The highest BCUT2D eigenvalue weighted by molar-refractivity contribution is 6.40. The summed E-state index contributed by atoms with van der Waals surface area (Å²) in [6.07, 6.45) is 4.78. The molecule has 2 N–H and O–H groups in total. The van der Waals surface area contributed by atoms with Crippen LogP contribution in [0.5, 0.6) is 5.75 Å². The van der Waals surface area contributed by atoms with Crippen LogP contribution in [0.15, 0.2) is 48.7 Å². The van der Waals surface area contributed by atoms with Gasteiger partial charge in [0.15, 0.2) is 6.73 Å². The second kappa shape index (κ2) is 12.7. The van der Waals surface area contributed by atoms with Gasteiger partial charge in [0.25, 0.3) is 5.91 Å². The third-order valence-electron chi connectivity index (χ3n) is 8.32. The lowest BCUT2D eigenvalue weighted by Crippen LogP contribution is -2.43. The summed E-state index contributed by atoms with van der Waals surface area (Å²) >= 11 is 13.1. The molecular weight excluding hydrogens is 622 g/mol. The second-order valence-corrected chi connectivity index (χ2v) is 11.9. The van der Waals surface area contributed by atoms with Crippen molar-refractivity contribution in [1.82, 2.24) is 10.2 Å². The van der Waals surface area contributed by atoms with E-state index in [0.717, 1.165) is 19.1 Å². The Kier molecular flexibility index (Phi) is 8.72. The lowest BCUT2D eigenvalue weighted by Gasteiger charge is -2.35. The first kappa shape index (κ1) is 30.9. The van der Waals surface area contributed by atoms with Crippen molar-refractivity contribution in [1.29, 1.82) is 5.41 Å². The largest absolute Gasteiger partial charge is 0.472 e. The Morgan fingerprint density at radius 2 is 1.80 bits per heavy atom. The number of morpholine rings is 1. The van der Waals surface area contributed by atoms with Crippen molar-refractivity contribution in [3.05, 3.63) is 86.8 Å². The molecule has 0 aromatic heterocycles. The molecule has 3 heterocycles. The molecule has 2 bridgehead atoms. The van der Waals surface area contributed by atoms with Crippen molar-refractivity contribution in [3.63, 3.8) is 0 Å². The minimum absolute atomic E-state index is 0.0557. The Labute approximate surface area is 270 Å². The molecule has 2 fully saturated rings. The zero-order valence-corrected chi connectivity index (χ0v) is 26.2. The Hall–Kier alpha value is -4.12. The predicted octanol–water partition coefficient (Wildman–Crippen LogP) is 6.16. The Morgan fingerprint density at radius 1 is 1.09 bits per heavy atom. The van der Waals surface area contributed by atoms with Gasteiger partial charge in [-0.3, -0.25) is 4.79 Å². The minimum atomic E-state index is -0.618. The highest BCUT2D eigenvalue weighted by Crippen LogP contribution is 2.42. The molecule has 6 rings (SSSR count). The highest BCUT2D eigenvalue weighted by Gasteiger charge is 2.36. The van der Waals surface area contributed by atoms with Gasteiger partial charge in [-0.15, -0.1) is 0 Å². The first-order chi connectivity index (χ1) is 21.7. The molecule has 0 aliphatic carbocycles. The summed E-state index contributed by atoms with van der Waals surface area (Å²) < 4.78 is 32.9. The van der Waals surface area contributed by atoms with Crippen LogP contribution in [0.4, 0.5) is 10.1 Å². The molecule has 2 atom stereocenters. The predicted molar refractivity (Wildman–Crippen MR) is 171 cm³/mol. The quantitative estimate of drug-likeness (QED) is 0.233. The fraction of sp³-hybridized carbons (Fsp3) is 0.303. The van der Waals surface area contributed by atoms with Gasteiger partial charge in [0.05, 0.1) is 52.7 Å². The number of anilines is 1. The Balaban J connectivity index is 1.32. The number of carbonyl (C=O) groups is 2. The first-order valence-corrected chi connectivity index (χ1v) is 15.2. The minimum Gasteiger partial charge on any atom is -0.472 e. The molecule has 3 aliphatic heterocycles. The maximum atomic E-state index is 15.8. The molecule has 3 aromatic rings. The van der Waals surface area contributed by atoms with Gasteiger partial charge in [-0.2, -0.15) is 0 Å². The van der Waals surface area contributed by atoms with Crippen LogP contribution in [0.1, 0.15) is 44.7 Å². The van der Waals surface area contributed by atoms with E-state index in [9.17, 15) is 9.59 Å². The number of ether oxygens (including phenoxy) is 3. The van der Waals surface area contributed by atoms with E-state index < -0.39 is 17.7 Å². The number of methoxy groups -OCH3 is 1. The number of nitrogens with one attached hydrogen (secondary N) is 2. The van der Waals surface area contributed by atoms with Gasteiger partial charge in [0.1, 0.15) is 11.6 Å². The highest BCUT2D eigenvalue weighted by atomic mass is 35.5. The van der Waals surface area contributed by atoms with Crippen LogP contribution in [0.3, 0.4) is 0 Å². The number of nitrogens with zero attached hydrogens (tertiary/aromatic N) is 2. The van der Waals surface area contributed by atoms with Gasteiger partial charge in [-0.25, -0.2) is 9.18 Å². The van der Waals surface area contributed by atoms with Gasteiger partial charge >= 0.3 is 5.97 Å². The second-order valence-electron chi connectivity index (χ2n) is 11.1. The van der Waals surface area contributed by atoms with Crippen LogP contribution in [0, 0.1) is 11.2 Å². The standard InChI is InChI=1S/C33H31Cl2FN4O5/c1-38-13-20(12-37)19-8-26(34)30(27(35)9-19)32(41)40-14-18-4-3-5-23(31(18)44-17-40)24-11-29(25(10-28(24)36)33(42)43-2)39-15-21-6-7-22(16-39)45-21/h3-5,8-13,21-22,37-38H,6-7,14-17H2,1-2H3/b20-13+,37-12?. The van der Waals surface area contributed by atoms with Gasteiger partial charge in [-0.1, -0.05) is 41.4 Å². The number of rotatable bonds is 7. The lowest BCUT2D eigenvalue weighted by molar-refractivity contribution is 0.0302. The fourth-order valence-corrected chi connectivity index (χ4v) is 6.85. The molecule has 0 radical (unpaired) electrons. The van der Waals surface area contributed by atoms with E-state index in [1.54, 1.807) is 43.6 Å². The number of benzene rings is 3. The molecular formula is C33H31Cl2FN4O5. The normalized spacial score (nSPS) is 19.1. The van der Waals surface area contributed by atoms with Crippen molar-refractivity contribution in [3.8, 4) is 16.9 Å². The van der Waals surface area contributed by atoms with E-state index in [1.165, 1.54) is 18.1 Å². The SMILES string of the molecule is CN/C=C(\C=N)c1cc(Cl)c(C(=O)N2COc3c(cccc3-c3cc(N4CC5CCC(C4)O5)c(C(=O)OC)cc3F)C2)c(Cl)c1. The monoisotopic (exact) mass is 652 g/mol. The average molecular weight is 654 g/mol. The maximum Gasteiger partial charge on any atom is 0.340 e. The summed E-state index contributed by atoms with van der Waals surface area (Å²) in [6.45, 7) is 1.23. The number of allylic oxidation sites excluding steroid dienone is 1. The zero-order valence-electron chi connectivity index (χ0n) is 24.7. The number of carbonyl (C=O) groups excluding carboxylic acids is 2. The van der Waals surface area contributed by atoms with Crippen LogP contribution in [-0.4, -0.2) is 69.2 Å². The molecule has 3 aliphatic rings. The molecule has 2 unspecified atom stereocenters. The van der Waals surface area contributed by atoms with Crippen molar-refractivity contribution >= 4 is 52.6 Å². The van der Waals surface area contributed by atoms with E-state index in [-0.39, 0.29) is 52.2 Å². The summed E-state index contributed by atoms with van der Waals surface area (Å²) in [5, 5.41) is 10.8. The molecule has 1 amide bonds. The Morgan fingerprint density at radius 3 is 2.44 bits per heavy atom. The number of hydrogen-bond donors (Lipinski definition) is 2. The van der Waals surface area contributed by atoms with E-state index in [4.69, 9.17) is 42.8 Å². The number of para-hydroxylation sites is 1. The number of amides is 1. The summed E-state index contributed by atoms with van der Waals surface area (Å²) in [5.74, 6) is -1.20. The van der Waals surface area contributed by atoms with Crippen molar-refractivity contribution in [2.75, 3.05) is 38.9 Å². The van der Waals surface area contributed by atoms with E-state index >= 15 is 4.39 Å². The van der Waals surface area contributed by atoms with Crippen LogP contribution in [-0.2, 0) is 16.0 Å². The van der Waals surface area contributed by atoms with Crippen molar-refractivity contribution in [2.24, 2.45) is 0 Å². The molecule has 234 valence electrons. The molecule has 0 spiro atoms. The van der Waals surface area contributed by atoms with E-state index in [1.807, 2.05) is 6.07 Å². The van der Waals surface area contributed by atoms with Crippen LogP contribution < -0.4 is 15.0 Å². The molecule has 12 heteroatoms. The van der Waals surface area contributed by atoms with Crippen LogP contribution >= 0.6 is 23.2 Å². The van der Waals surface area contributed by atoms with Crippen molar-refractivity contribution < 1.29 is 28.2 Å². The summed E-state index contributed by atoms with van der Waals surface area (Å²) in [5.41, 5.74) is 3.41. The third kappa shape index (κ3) is 5.85. The van der Waals surface area contributed by atoms with Gasteiger partial charge in [0.2, 0.25) is 0 Å². The van der Waals surface area contributed by atoms with Crippen molar-refractivity contribution in [2.45, 2.75) is 31.6 Å². The zero-order chi connectivity index (χ0) is 31.8. The van der Waals surface area contributed by atoms with Crippen LogP contribution in [0.2, 0.25) is 10.0 Å². The molecule has 3 aromatic carbocycles. The number of halogens is 3. The lowest BCUT2D eigenvalue weighted by atomic mass is 9.96. The van der Waals surface area contributed by atoms with Gasteiger partial charge < -0.3 is 34.7 Å². The summed E-state index contributed by atoms with van der Waals surface area (Å²) in [4.78, 5) is 29.9. The molecule has 9 nitrogen and oxygen atoms in total. The fourth-order valence-electron chi connectivity index (χ4n) is 6.20. The van der Waals surface area contributed by atoms with Gasteiger partial charge in [-0.05, 0) is 42.7 Å². The topological polar surface area (TPSA) is 104 Å². The molecule has 45 heavy (non-hydrogen) atoms. The van der Waals surface area contributed by atoms with Crippen LogP contribution in [0.25, 0.3) is 16.7 Å². The summed E-state index contributed by atoms with van der Waals surface area (Å²) in [7, 11) is 2.99. The third-order valence-corrected chi connectivity index (χ3v) is 8.92. The average Bonchev–Trinajstić information content (AvgIpc) is 3.38. The summed E-state index contributed by atoms with van der Waals surface area (Å²) in [6, 6.07) is 11.4. The Bertz CT molecular complexity index is 1700. The number of hydrogen-bond acceptors (Lipinski definition) is 8.